The highest BCUT2D eigenvalue weighted by atomic mass is 16.5. The summed E-state index contributed by atoms with van der Waals surface area (Å²) < 4.78 is 12.2. The van der Waals surface area contributed by atoms with E-state index in [-0.39, 0.29) is 12.1 Å². The fourth-order valence-corrected chi connectivity index (χ4v) is 2.93. The zero-order chi connectivity index (χ0) is 17.6. The van der Waals surface area contributed by atoms with Crippen molar-refractivity contribution in [2.45, 2.75) is 45.2 Å². The van der Waals surface area contributed by atoms with Crippen LogP contribution in [0.3, 0.4) is 0 Å². The molecule has 0 bridgehead atoms. The number of hydrogen-bond donors (Lipinski definition) is 1. The maximum absolute atomic E-state index is 12.7. The molecule has 9 heteroatoms. The van der Waals surface area contributed by atoms with Crippen LogP contribution in [-0.2, 0) is 17.7 Å². The molecule has 0 saturated carbocycles. The molecule has 1 N–H and O–H groups in total. The van der Waals surface area contributed by atoms with Gasteiger partial charge in [0.15, 0.2) is 5.82 Å². The monoisotopic (exact) mass is 348 g/mol. The molecule has 9 nitrogen and oxygen atoms in total. The smallest absolute Gasteiger partial charge is 0.322 e. The zero-order valence-corrected chi connectivity index (χ0v) is 14.6. The predicted molar refractivity (Wildman–Crippen MR) is 90.1 cm³/mol. The van der Waals surface area contributed by atoms with Gasteiger partial charge in [0, 0.05) is 32.8 Å². The van der Waals surface area contributed by atoms with E-state index < -0.39 is 0 Å². The number of nitrogens with zero attached hydrogens (tertiary/aromatic N) is 5. The van der Waals surface area contributed by atoms with Crippen LogP contribution in [0.25, 0.3) is 0 Å². The molecule has 3 heterocycles. The van der Waals surface area contributed by atoms with Crippen LogP contribution < -0.4 is 5.32 Å². The number of rotatable bonds is 6. The Labute approximate surface area is 146 Å². The highest BCUT2D eigenvalue weighted by molar-refractivity contribution is 5.89. The third-order valence-electron chi connectivity index (χ3n) is 4.27. The molecular weight excluding hydrogens is 324 g/mol. The molecule has 3 rings (SSSR count). The first-order valence-corrected chi connectivity index (χ1v) is 8.62. The number of amides is 2. The van der Waals surface area contributed by atoms with Gasteiger partial charge in [-0.3, -0.25) is 4.68 Å². The van der Waals surface area contributed by atoms with Gasteiger partial charge in [0.25, 0.3) is 0 Å². The van der Waals surface area contributed by atoms with E-state index in [9.17, 15) is 4.79 Å². The van der Waals surface area contributed by atoms with Crippen molar-refractivity contribution in [3.8, 4) is 0 Å². The molecule has 136 valence electrons. The first-order valence-electron chi connectivity index (χ1n) is 8.62. The van der Waals surface area contributed by atoms with Gasteiger partial charge in [-0.15, -0.1) is 0 Å². The molecule has 2 amide bonds. The lowest BCUT2D eigenvalue weighted by Crippen LogP contribution is -2.41. The summed E-state index contributed by atoms with van der Waals surface area (Å²) in [7, 11) is 1.63. The third kappa shape index (κ3) is 4.16. The van der Waals surface area contributed by atoms with E-state index >= 15 is 0 Å². The Kier molecular flexibility index (Phi) is 5.64. The lowest BCUT2D eigenvalue weighted by atomic mass is 10.0. The number of aryl methyl sites for hydroxylation is 1. The first-order chi connectivity index (χ1) is 12.2. The van der Waals surface area contributed by atoms with Crippen molar-refractivity contribution in [3.63, 3.8) is 0 Å². The minimum Gasteiger partial charge on any atom is -0.384 e. The van der Waals surface area contributed by atoms with Crippen LogP contribution in [0.4, 0.5) is 10.5 Å². The van der Waals surface area contributed by atoms with E-state index in [0.717, 1.165) is 25.8 Å². The van der Waals surface area contributed by atoms with Crippen LogP contribution >= 0.6 is 0 Å². The summed E-state index contributed by atoms with van der Waals surface area (Å²) in [5.74, 6) is 1.09. The number of likely N-dealkylation sites (tertiary alicyclic amines) is 1. The molecule has 0 radical (unpaired) electrons. The van der Waals surface area contributed by atoms with E-state index in [1.807, 2.05) is 13.1 Å². The number of piperidine rings is 1. The highest BCUT2D eigenvalue weighted by Crippen LogP contribution is 2.30. The second kappa shape index (κ2) is 8.11. The molecule has 1 saturated heterocycles. The number of aromatic nitrogens is 4. The normalized spacial score (nSPS) is 17.7. The summed E-state index contributed by atoms with van der Waals surface area (Å²) >= 11 is 0. The summed E-state index contributed by atoms with van der Waals surface area (Å²) in [4.78, 5) is 18.9. The molecular formula is C16H24N6O3. The molecule has 2 aromatic heterocycles. The molecule has 0 aromatic carbocycles. The summed E-state index contributed by atoms with van der Waals surface area (Å²) in [5, 5.41) is 11.1. The van der Waals surface area contributed by atoms with E-state index in [2.05, 4.69) is 20.6 Å². The fraction of sp³-hybridized carbons (Fsp3) is 0.625. The maximum atomic E-state index is 12.7. The van der Waals surface area contributed by atoms with Crippen LogP contribution in [0.2, 0.25) is 0 Å². The number of carbonyl (C=O) groups is 1. The Bertz CT molecular complexity index is 698. The van der Waals surface area contributed by atoms with E-state index in [1.54, 1.807) is 22.9 Å². The van der Waals surface area contributed by atoms with Gasteiger partial charge >= 0.3 is 6.03 Å². The number of anilines is 1. The van der Waals surface area contributed by atoms with Crippen molar-refractivity contribution >= 4 is 11.7 Å². The summed E-state index contributed by atoms with van der Waals surface area (Å²) in [6.07, 6.45) is 6.85. The van der Waals surface area contributed by atoms with Crippen LogP contribution in [0.5, 0.6) is 0 Å². The maximum Gasteiger partial charge on any atom is 0.322 e. The van der Waals surface area contributed by atoms with E-state index in [0.29, 0.717) is 37.0 Å². The van der Waals surface area contributed by atoms with Gasteiger partial charge in [0.05, 0.1) is 18.5 Å². The van der Waals surface area contributed by atoms with Gasteiger partial charge in [-0.2, -0.15) is 10.1 Å². The first kappa shape index (κ1) is 17.4. The summed E-state index contributed by atoms with van der Waals surface area (Å²) in [6, 6.07) is -0.365. The quantitative estimate of drug-likeness (QED) is 0.859. The van der Waals surface area contributed by atoms with E-state index in [1.165, 1.54) is 0 Å². The Morgan fingerprint density at radius 1 is 1.48 bits per heavy atom. The third-order valence-corrected chi connectivity index (χ3v) is 4.27. The molecule has 0 unspecified atom stereocenters. The fourth-order valence-electron chi connectivity index (χ4n) is 2.93. The van der Waals surface area contributed by atoms with Gasteiger partial charge in [0.1, 0.15) is 6.04 Å². The molecule has 0 spiro atoms. The molecule has 25 heavy (non-hydrogen) atoms. The van der Waals surface area contributed by atoms with Crippen molar-refractivity contribution in [1.29, 1.82) is 0 Å². The number of hydrogen-bond acceptors (Lipinski definition) is 6. The summed E-state index contributed by atoms with van der Waals surface area (Å²) in [5.41, 5.74) is 0.683. The standard InChI is InChI=1S/C16H24N6O3/c1-3-21-11-12(10-17-21)18-16(23)22-8-5-4-6-13(22)15-19-14(20-25-15)7-9-24-2/h10-11,13H,3-9H2,1-2H3,(H,18,23)/t13-/m0/s1. The van der Waals surface area contributed by atoms with Gasteiger partial charge in [-0.1, -0.05) is 5.16 Å². The molecule has 2 aromatic rings. The second-order valence-electron chi connectivity index (χ2n) is 6.01. The minimum atomic E-state index is -0.196. The van der Waals surface area contributed by atoms with Gasteiger partial charge in [-0.25, -0.2) is 4.79 Å². The Morgan fingerprint density at radius 2 is 2.36 bits per heavy atom. The molecule has 1 atom stereocenters. The molecule has 1 aliphatic heterocycles. The van der Waals surface area contributed by atoms with Crippen LogP contribution in [0.1, 0.15) is 43.9 Å². The molecule has 1 aliphatic rings. The van der Waals surface area contributed by atoms with Crippen LogP contribution in [0.15, 0.2) is 16.9 Å². The van der Waals surface area contributed by atoms with Crippen LogP contribution in [0, 0.1) is 0 Å². The van der Waals surface area contributed by atoms with E-state index in [4.69, 9.17) is 9.26 Å². The van der Waals surface area contributed by atoms with Crippen molar-refractivity contribution in [1.82, 2.24) is 24.8 Å². The van der Waals surface area contributed by atoms with Crippen LogP contribution in [-0.4, -0.2) is 51.1 Å². The lowest BCUT2D eigenvalue weighted by Gasteiger charge is -2.33. The Morgan fingerprint density at radius 3 is 3.12 bits per heavy atom. The molecule has 0 aliphatic carbocycles. The number of methoxy groups -OCH3 is 1. The number of ether oxygens (including phenoxy) is 1. The topological polar surface area (TPSA) is 98.3 Å². The summed E-state index contributed by atoms with van der Waals surface area (Å²) in [6.45, 7) is 3.95. The van der Waals surface area contributed by atoms with Crippen molar-refractivity contribution < 1.29 is 14.1 Å². The van der Waals surface area contributed by atoms with Crippen molar-refractivity contribution in [2.75, 3.05) is 25.6 Å². The largest absolute Gasteiger partial charge is 0.384 e. The van der Waals surface area contributed by atoms with Gasteiger partial charge in [-0.05, 0) is 26.2 Å². The van der Waals surface area contributed by atoms with Crippen molar-refractivity contribution in [2.24, 2.45) is 0 Å². The van der Waals surface area contributed by atoms with Crippen molar-refractivity contribution in [3.05, 3.63) is 24.1 Å². The number of nitrogens with one attached hydrogen (secondary N) is 1. The minimum absolute atomic E-state index is 0.169. The number of urea groups is 1. The molecule has 1 fully saturated rings. The Hall–Kier alpha value is -2.42. The second-order valence-corrected chi connectivity index (χ2v) is 6.01. The predicted octanol–water partition coefficient (Wildman–Crippen LogP) is 2.23. The van der Waals surface area contributed by atoms with Gasteiger partial charge in [0.2, 0.25) is 5.89 Å². The number of carbonyl (C=O) groups excluding carboxylic acids is 1. The average Bonchev–Trinajstić information content (AvgIpc) is 3.29. The zero-order valence-electron chi connectivity index (χ0n) is 14.6. The SMILES string of the molecule is CCn1cc(NC(=O)N2CCCC[C@H]2c2nc(CCOC)no2)cn1. The Balaban J connectivity index is 1.69. The van der Waals surface area contributed by atoms with Gasteiger partial charge < -0.3 is 19.5 Å². The highest BCUT2D eigenvalue weighted by Gasteiger charge is 2.32. The lowest BCUT2D eigenvalue weighted by molar-refractivity contribution is 0.142. The average molecular weight is 348 g/mol.